The second-order valence-electron chi connectivity index (χ2n) is 4.66. The van der Waals surface area contributed by atoms with Crippen LogP contribution in [-0.2, 0) is 9.53 Å². The van der Waals surface area contributed by atoms with Crippen LogP contribution in [0.25, 0.3) is 0 Å². The molecule has 0 bridgehead atoms. The molecule has 1 unspecified atom stereocenters. The summed E-state index contributed by atoms with van der Waals surface area (Å²) in [6.45, 7) is 3.97. The van der Waals surface area contributed by atoms with Gasteiger partial charge in [0.15, 0.2) is 0 Å². The molecule has 1 aliphatic heterocycles. The molecule has 0 radical (unpaired) electrons. The Morgan fingerprint density at radius 2 is 2.29 bits per heavy atom. The Morgan fingerprint density at radius 1 is 1.47 bits per heavy atom. The number of morpholine rings is 1. The Morgan fingerprint density at radius 3 is 3.00 bits per heavy atom. The molecular weight excluding hydrogens is 218 g/mol. The molecule has 0 saturated carbocycles. The van der Waals surface area contributed by atoms with Crippen LogP contribution >= 0.6 is 0 Å². The van der Waals surface area contributed by atoms with Gasteiger partial charge in [-0.1, -0.05) is 6.42 Å². The lowest BCUT2D eigenvalue weighted by atomic mass is 10.2. The summed E-state index contributed by atoms with van der Waals surface area (Å²) in [6, 6.07) is 0. The smallest absolute Gasteiger partial charge is 0.220 e. The number of carbonyl (C=O) groups excluding carboxylic acids is 1. The fourth-order valence-electron chi connectivity index (χ4n) is 1.91. The summed E-state index contributed by atoms with van der Waals surface area (Å²) < 4.78 is 5.57. The zero-order chi connectivity index (χ0) is 12.5. The summed E-state index contributed by atoms with van der Waals surface area (Å²) in [7, 11) is 2.07. The minimum atomic E-state index is 0.124. The topological polar surface area (TPSA) is 67.6 Å². The van der Waals surface area contributed by atoms with E-state index in [4.69, 9.17) is 10.5 Å². The van der Waals surface area contributed by atoms with Crippen LogP contribution in [0.5, 0.6) is 0 Å². The lowest BCUT2D eigenvalue weighted by Crippen LogP contribution is -2.45. The summed E-state index contributed by atoms with van der Waals surface area (Å²) in [6.07, 6.45) is 3.70. The number of nitrogens with two attached hydrogens (primary N) is 1. The molecule has 3 N–H and O–H groups in total. The van der Waals surface area contributed by atoms with Crippen LogP contribution in [-0.4, -0.2) is 56.7 Å². The van der Waals surface area contributed by atoms with Crippen LogP contribution in [0.15, 0.2) is 0 Å². The van der Waals surface area contributed by atoms with Crippen LogP contribution in [0.2, 0.25) is 0 Å². The van der Waals surface area contributed by atoms with Gasteiger partial charge in [0.25, 0.3) is 0 Å². The molecule has 0 spiro atoms. The van der Waals surface area contributed by atoms with E-state index in [0.717, 1.165) is 39.0 Å². The molecule has 0 aromatic rings. The van der Waals surface area contributed by atoms with Crippen molar-refractivity contribution < 1.29 is 9.53 Å². The average Bonchev–Trinajstić information content (AvgIpc) is 2.32. The highest BCUT2D eigenvalue weighted by atomic mass is 16.5. The predicted molar refractivity (Wildman–Crippen MR) is 67.8 cm³/mol. The van der Waals surface area contributed by atoms with Crippen molar-refractivity contribution in [1.29, 1.82) is 0 Å². The van der Waals surface area contributed by atoms with Crippen molar-refractivity contribution in [3.8, 4) is 0 Å². The third kappa shape index (κ3) is 6.61. The number of carbonyl (C=O) groups is 1. The minimum absolute atomic E-state index is 0.124. The predicted octanol–water partition coefficient (Wildman–Crippen LogP) is -0.0477. The van der Waals surface area contributed by atoms with Crippen molar-refractivity contribution in [2.45, 2.75) is 31.8 Å². The summed E-state index contributed by atoms with van der Waals surface area (Å²) in [4.78, 5) is 13.7. The molecule has 1 saturated heterocycles. The standard InChI is InChI=1S/C12H25N3O2/c1-15-7-8-17-11(10-15)9-14-12(16)5-3-2-4-6-13/h11H,2-10,13H2,1H3,(H,14,16). The van der Waals surface area contributed by atoms with Crippen molar-refractivity contribution in [3.05, 3.63) is 0 Å². The molecule has 100 valence electrons. The van der Waals surface area contributed by atoms with Crippen molar-refractivity contribution >= 4 is 5.91 Å². The summed E-state index contributed by atoms with van der Waals surface area (Å²) >= 11 is 0. The van der Waals surface area contributed by atoms with Gasteiger partial charge in [0.05, 0.1) is 12.7 Å². The van der Waals surface area contributed by atoms with Crippen LogP contribution in [0.4, 0.5) is 0 Å². The Hall–Kier alpha value is -0.650. The van der Waals surface area contributed by atoms with Gasteiger partial charge in [-0.2, -0.15) is 0 Å². The highest BCUT2D eigenvalue weighted by Crippen LogP contribution is 2.02. The quantitative estimate of drug-likeness (QED) is 0.615. The van der Waals surface area contributed by atoms with E-state index < -0.39 is 0 Å². The van der Waals surface area contributed by atoms with E-state index in [-0.39, 0.29) is 12.0 Å². The number of rotatable bonds is 7. The number of hydrogen-bond donors (Lipinski definition) is 2. The van der Waals surface area contributed by atoms with Gasteiger partial charge in [-0.3, -0.25) is 4.79 Å². The van der Waals surface area contributed by atoms with E-state index >= 15 is 0 Å². The minimum Gasteiger partial charge on any atom is -0.374 e. The molecule has 1 amide bonds. The lowest BCUT2D eigenvalue weighted by molar-refractivity contribution is -0.122. The summed E-state index contributed by atoms with van der Waals surface area (Å²) in [5.74, 6) is 0.124. The van der Waals surface area contributed by atoms with Gasteiger partial charge in [-0.25, -0.2) is 0 Å². The largest absolute Gasteiger partial charge is 0.374 e. The fourth-order valence-corrected chi connectivity index (χ4v) is 1.91. The van der Waals surface area contributed by atoms with Crippen molar-refractivity contribution in [1.82, 2.24) is 10.2 Å². The molecular formula is C12H25N3O2. The van der Waals surface area contributed by atoms with Gasteiger partial charge < -0.3 is 20.7 Å². The number of hydrogen-bond acceptors (Lipinski definition) is 4. The molecule has 1 heterocycles. The first-order valence-electron chi connectivity index (χ1n) is 6.49. The van der Waals surface area contributed by atoms with E-state index in [9.17, 15) is 4.79 Å². The maximum Gasteiger partial charge on any atom is 0.220 e. The van der Waals surface area contributed by atoms with E-state index in [1.165, 1.54) is 0 Å². The first kappa shape index (κ1) is 14.4. The first-order chi connectivity index (χ1) is 8.22. The SMILES string of the molecule is CN1CCOC(CNC(=O)CCCCCN)C1. The third-order valence-electron chi connectivity index (χ3n) is 2.98. The van der Waals surface area contributed by atoms with Crippen LogP contribution in [0.1, 0.15) is 25.7 Å². The van der Waals surface area contributed by atoms with Crippen LogP contribution < -0.4 is 11.1 Å². The van der Waals surface area contributed by atoms with E-state index in [2.05, 4.69) is 17.3 Å². The van der Waals surface area contributed by atoms with E-state index in [0.29, 0.717) is 19.5 Å². The zero-order valence-electron chi connectivity index (χ0n) is 10.8. The third-order valence-corrected chi connectivity index (χ3v) is 2.98. The summed E-state index contributed by atoms with van der Waals surface area (Å²) in [5.41, 5.74) is 5.39. The lowest BCUT2D eigenvalue weighted by Gasteiger charge is -2.30. The number of likely N-dealkylation sites (N-methyl/N-ethyl adjacent to an activating group) is 1. The summed E-state index contributed by atoms with van der Waals surface area (Å²) in [5, 5.41) is 2.93. The second kappa shape index (κ2) is 8.44. The Kier molecular flexibility index (Phi) is 7.16. The number of unbranched alkanes of at least 4 members (excludes halogenated alkanes) is 2. The number of nitrogens with one attached hydrogen (secondary N) is 1. The van der Waals surface area contributed by atoms with Gasteiger partial charge in [0.2, 0.25) is 5.91 Å². The van der Waals surface area contributed by atoms with Gasteiger partial charge in [0.1, 0.15) is 0 Å². The molecule has 1 fully saturated rings. The molecule has 0 aromatic carbocycles. The number of ether oxygens (including phenoxy) is 1. The maximum atomic E-state index is 11.5. The highest BCUT2D eigenvalue weighted by Gasteiger charge is 2.17. The molecule has 5 heteroatoms. The van der Waals surface area contributed by atoms with Crippen LogP contribution in [0, 0.1) is 0 Å². The van der Waals surface area contributed by atoms with Crippen molar-refractivity contribution in [3.63, 3.8) is 0 Å². The average molecular weight is 243 g/mol. The monoisotopic (exact) mass is 243 g/mol. The van der Waals surface area contributed by atoms with Crippen molar-refractivity contribution in [2.75, 3.05) is 39.8 Å². The molecule has 5 nitrogen and oxygen atoms in total. The molecule has 1 atom stereocenters. The zero-order valence-corrected chi connectivity index (χ0v) is 10.8. The van der Waals surface area contributed by atoms with E-state index in [1.54, 1.807) is 0 Å². The molecule has 0 aromatic heterocycles. The Balaban J connectivity index is 2.02. The van der Waals surface area contributed by atoms with Gasteiger partial charge in [-0.15, -0.1) is 0 Å². The van der Waals surface area contributed by atoms with Gasteiger partial charge >= 0.3 is 0 Å². The first-order valence-corrected chi connectivity index (χ1v) is 6.49. The maximum absolute atomic E-state index is 11.5. The van der Waals surface area contributed by atoms with Gasteiger partial charge in [0, 0.05) is 26.1 Å². The van der Waals surface area contributed by atoms with Crippen molar-refractivity contribution in [2.24, 2.45) is 5.73 Å². The normalized spacial score (nSPS) is 21.4. The number of nitrogens with zero attached hydrogens (tertiary/aromatic N) is 1. The molecule has 0 aliphatic carbocycles. The highest BCUT2D eigenvalue weighted by molar-refractivity contribution is 5.75. The molecule has 1 rings (SSSR count). The number of amides is 1. The molecule has 17 heavy (non-hydrogen) atoms. The molecule has 1 aliphatic rings. The fraction of sp³-hybridized carbons (Fsp3) is 0.917. The van der Waals surface area contributed by atoms with Crippen LogP contribution in [0.3, 0.4) is 0 Å². The van der Waals surface area contributed by atoms with Gasteiger partial charge in [-0.05, 0) is 26.4 Å². The Labute approximate surface area is 104 Å². The van der Waals surface area contributed by atoms with E-state index in [1.807, 2.05) is 0 Å². The Bertz CT molecular complexity index is 224. The second-order valence-corrected chi connectivity index (χ2v) is 4.66.